The molecule has 0 spiro atoms. The number of aromatic nitrogens is 1. The molecule has 0 radical (unpaired) electrons. The fraction of sp³-hybridized carbons (Fsp3) is 0.250. The van der Waals surface area contributed by atoms with Gasteiger partial charge in [-0.15, -0.1) is 0 Å². The smallest absolute Gasteiger partial charge is 0.213 e. The third kappa shape index (κ3) is 3.11. The molecule has 1 aromatic carbocycles. The minimum atomic E-state index is -0.229. The molecule has 1 unspecified atom stereocenters. The van der Waals surface area contributed by atoms with E-state index in [4.69, 9.17) is 10.00 Å². The van der Waals surface area contributed by atoms with Gasteiger partial charge in [-0.1, -0.05) is 0 Å². The zero-order valence-electron chi connectivity index (χ0n) is 11.4. The Hall–Kier alpha value is -2.61. The van der Waals surface area contributed by atoms with Crippen LogP contribution in [0.25, 0.3) is 0 Å². The van der Waals surface area contributed by atoms with E-state index in [9.17, 15) is 4.39 Å². The van der Waals surface area contributed by atoms with E-state index in [0.717, 1.165) is 25.2 Å². The lowest BCUT2D eigenvalue weighted by Gasteiger charge is -2.18. The van der Waals surface area contributed by atoms with Gasteiger partial charge in [0.2, 0.25) is 5.88 Å². The topological polar surface area (TPSA) is 49.1 Å². The number of benzene rings is 1. The van der Waals surface area contributed by atoms with Crippen LogP contribution in [-0.2, 0) is 0 Å². The minimum Gasteiger partial charge on any atom is -0.472 e. The Balaban J connectivity index is 1.61. The highest BCUT2D eigenvalue weighted by molar-refractivity contribution is 5.47. The molecule has 3 rings (SSSR count). The summed E-state index contributed by atoms with van der Waals surface area (Å²) >= 11 is 0. The van der Waals surface area contributed by atoms with Gasteiger partial charge in [-0.05, 0) is 30.3 Å². The van der Waals surface area contributed by atoms with Gasteiger partial charge in [0.1, 0.15) is 18.0 Å². The molecule has 0 amide bonds. The fourth-order valence-electron chi connectivity index (χ4n) is 2.40. The van der Waals surface area contributed by atoms with Crippen LogP contribution in [-0.4, -0.2) is 24.2 Å². The van der Waals surface area contributed by atoms with Crippen molar-refractivity contribution in [3.63, 3.8) is 0 Å². The number of nitrogens with zero attached hydrogens (tertiary/aromatic N) is 3. The molecule has 1 aliphatic rings. The van der Waals surface area contributed by atoms with Crippen molar-refractivity contribution in [2.75, 3.05) is 18.0 Å². The summed E-state index contributed by atoms with van der Waals surface area (Å²) in [7, 11) is 0. The minimum absolute atomic E-state index is 0.0514. The summed E-state index contributed by atoms with van der Waals surface area (Å²) < 4.78 is 18.7. The maximum absolute atomic E-state index is 12.9. The van der Waals surface area contributed by atoms with Crippen molar-refractivity contribution >= 4 is 5.69 Å². The molecule has 106 valence electrons. The van der Waals surface area contributed by atoms with Gasteiger partial charge in [0.25, 0.3) is 0 Å². The van der Waals surface area contributed by atoms with Crippen LogP contribution >= 0.6 is 0 Å². The summed E-state index contributed by atoms with van der Waals surface area (Å²) in [6, 6.07) is 11.9. The molecule has 2 aromatic rings. The van der Waals surface area contributed by atoms with Crippen LogP contribution in [0.2, 0.25) is 0 Å². The van der Waals surface area contributed by atoms with E-state index in [1.807, 2.05) is 6.07 Å². The summed E-state index contributed by atoms with van der Waals surface area (Å²) in [5.41, 5.74) is 1.51. The van der Waals surface area contributed by atoms with Crippen molar-refractivity contribution < 1.29 is 9.13 Å². The SMILES string of the molecule is N#Cc1ccc(OC2CCN(c3ccc(F)cc3)C2)nc1. The van der Waals surface area contributed by atoms with Crippen molar-refractivity contribution in [3.05, 3.63) is 54.0 Å². The van der Waals surface area contributed by atoms with Gasteiger partial charge in [-0.2, -0.15) is 5.26 Å². The zero-order valence-corrected chi connectivity index (χ0v) is 11.4. The predicted molar refractivity (Wildman–Crippen MR) is 76.6 cm³/mol. The summed E-state index contributed by atoms with van der Waals surface area (Å²) in [6.07, 6.45) is 2.44. The molecule has 0 saturated carbocycles. The van der Waals surface area contributed by atoms with Gasteiger partial charge in [0.05, 0.1) is 12.1 Å². The molecular weight excluding hydrogens is 269 g/mol. The molecule has 1 atom stereocenters. The second-order valence-corrected chi connectivity index (χ2v) is 4.95. The van der Waals surface area contributed by atoms with Gasteiger partial charge in [-0.3, -0.25) is 0 Å². The fourth-order valence-corrected chi connectivity index (χ4v) is 2.40. The second kappa shape index (κ2) is 5.80. The van der Waals surface area contributed by atoms with Crippen molar-refractivity contribution in [2.24, 2.45) is 0 Å². The number of hydrogen-bond donors (Lipinski definition) is 0. The van der Waals surface area contributed by atoms with Crippen LogP contribution in [0.1, 0.15) is 12.0 Å². The van der Waals surface area contributed by atoms with Gasteiger partial charge in [-0.25, -0.2) is 9.37 Å². The Bertz CT molecular complexity index is 649. The highest BCUT2D eigenvalue weighted by atomic mass is 19.1. The first-order chi connectivity index (χ1) is 10.2. The number of hydrogen-bond acceptors (Lipinski definition) is 4. The summed E-state index contributed by atoms with van der Waals surface area (Å²) in [5, 5.41) is 8.73. The lowest BCUT2D eigenvalue weighted by Crippen LogP contribution is -2.24. The monoisotopic (exact) mass is 283 g/mol. The molecule has 1 fully saturated rings. The summed E-state index contributed by atoms with van der Waals surface area (Å²) in [6.45, 7) is 1.61. The Morgan fingerprint density at radius 2 is 2.05 bits per heavy atom. The highest BCUT2D eigenvalue weighted by Gasteiger charge is 2.24. The number of nitriles is 1. The maximum atomic E-state index is 12.9. The first-order valence-corrected chi connectivity index (χ1v) is 6.78. The molecule has 0 aliphatic carbocycles. The number of ether oxygens (including phenoxy) is 1. The molecule has 5 heteroatoms. The average Bonchev–Trinajstić information content (AvgIpc) is 2.97. The first kappa shape index (κ1) is 13.4. The Morgan fingerprint density at radius 1 is 1.24 bits per heavy atom. The molecular formula is C16H14FN3O. The van der Waals surface area contributed by atoms with E-state index in [1.54, 1.807) is 24.3 Å². The second-order valence-electron chi connectivity index (χ2n) is 4.95. The van der Waals surface area contributed by atoms with E-state index in [1.165, 1.54) is 18.3 Å². The van der Waals surface area contributed by atoms with E-state index < -0.39 is 0 Å². The van der Waals surface area contributed by atoms with Crippen molar-refractivity contribution in [2.45, 2.75) is 12.5 Å². The molecule has 4 nitrogen and oxygen atoms in total. The molecule has 0 N–H and O–H groups in total. The normalized spacial score (nSPS) is 17.5. The molecule has 1 aliphatic heterocycles. The lowest BCUT2D eigenvalue weighted by molar-refractivity contribution is 0.216. The molecule has 21 heavy (non-hydrogen) atoms. The number of pyridine rings is 1. The highest BCUT2D eigenvalue weighted by Crippen LogP contribution is 2.23. The Morgan fingerprint density at radius 3 is 2.71 bits per heavy atom. The van der Waals surface area contributed by atoms with E-state index >= 15 is 0 Å². The predicted octanol–water partition coefficient (Wildman–Crippen LogP) is 2.75. The third-order valence-corrected chi connectivity index (χ3v) is 3.49. The molecule has 1 saturated heterocycles. The van der Waals surface area contributed by atoms with Crippen LogP contribution in [0.4, 0.5) is 10.1 Å². The summed E-state index contributed by atoms with van der Waals surface area (Å²) in [5.74, 6) is 0.299. The van der Waals surface area contributed by atoms with E-state index in [-0.39, 0.29) is 11.9 Å². The van der Waals surface area contributed by atoms with Gasteiger partial charge >= 0.3 is 0 Å². The van der Waals surface area contributed by atoms with Gasteiger partial charge < -0.3 is 9.64 Å². The van der Waals surface area contributed by atoms with E-state index in [0.29, 0.717) is 11.4 Å². The van der Waals surface area contributed by atoms with Crippen molar-refractivity contribution in [3.8, 4) is 11.9 Å². The van der Waals surface area contributed by atoms with Crippen LogP contribution in [0.15, 0.2) is 42.6 Å². The van der Waals surface area contributed by atoms with Crippen molar-refractivity contribution in [1.82, 2.24) is 4.98 Å². The zero-order chi connectivity index (χ0) is 14.7. The number of anilines is 1. The lowest BCUT2D eigenvalue weighted by atomic mass is 10.3. The Kier molecular flexibility index (Phi) is 3.69. The van der Waals surface area contributed by atoms with E-state index in [2.05, 4.69) is 9.88 Å². The first-order valence-electron chi connectivity index (χ1n) is 6.78. The van der Waals surface area contributed by atoms with Crippen LogP contribution in [0.5, 0.6) is 5.88 Å². The third-order valence-electron chi connectivity index (χ3n) is 3.49. The molecule has 0 bridgehead atoms. The summed E-state index contributed by atoms with van der Waals surface area (Å²) in [4.78, 5) is 6.27. The van der Waals surface area contributed by atoms with Gasteiger partial charge in [0.15, 0.2) is 0 Å². The maximum Gasteiger partial charge on any atom is 0.213 e. The standard InChI is InChI=1S/C16H14FN3O/c17-13-2-4-14(5-3-13)20-8-7-15(11-20)21-16-6-1-12(9-18)10-19-16/h1-6,10,15H,7-8,11H2. The molecule has 1 aromatic heterocycles. The largest absolute Gasteiger partial charge is 0.472 e. The number of halogens is 1. The average molecular weight is 283 g/mol. The Labute approximate surface area is 122 Å². The number of rotatable bonds is 3. The van der Waals surface area contributed by atoms with Crippen LogP contribution in [0, 0.1) is 17.1 Å². The van der Waals surface area contributed by atoms with Crippen molar-refractivity contribution in [1.29, 1.82) is 5.26 Å². The quantitative estimate of drug-likeness (QED) is 0.869. The molecule has 2 heterocycles. The van der Waals surface area contributed by atoms with Crippen LogP contribution in [0.3, 0.4) is 0 Å². The van der Waals surface area contributed by atoms with Gasteiger partial charge in [0, 0.05) is 30.9 Å². The van der Waals surface area contributed by atoms with Crippen LogP contribution < -0.4 is 9.64 Å².